The van der Waals surface area contributed by atoms with E-state index in [4.69, 9.17) is 4.74 Å². The van der Waals surface area contributed by atoms with Gasteiger partial charge in [0.2, 0.25) is 5.91 Å². The quantitative estimate of drug-likeness (QED) is 0.676. The first-order chi connectivity index (χ1) is 16.6. The summed E-state index contributed by atoms with van der Waals surface area (Å²) >= 11 is 0. The van der Waals surface area contributed by atoms with Crippen LogP contribution in [-0.4, -0.2) is 59.7 Å². The summed E-state index contributed by atoms with van der Waals surface area (Å²) in [4.78, 5) is 31.2. The molecule has 6 nitrogen and oxygen atoms in total. The lowest BCUT2D eigenvalue weighted by molar-refractivity contribution is -0.139. The zero-order valence-electron chi connectivity index (χ0n) is 19.8. The maximum Gasteiger partial charge on any atom is 0.258 e. The topological polar surface area (TPSA) is 54.8 Å². The summed E-state index contributed by atoms with van der Waals surface area (Å²) < 4.78 is 21.3. The largest absolute Gasteiger partial charge is 0.381 e. The number of likely N-dealkylation sites (tertiary alicyclic amines) is 1. The van der Waals surface area contributed by atoms with Gasteiger partial charge in [-0.15, -0.1) is 0 Å². The molecule has 0 bridgehead atoms. The van der Waals surface area contributed by atoms with Gasteiger partial charge in [-0.1, -0.05) is 18.6 Å². The van der Waals surface area contributed by atoms with Crippen LogP contribution in [0, 0.1) is 11.7 Å². The van der Waals surface area contributed by atoms with E-state index in [-0.39, 0.29) is 23.2 Å². The van der Waals surface area contributed by atoms with E-state index in [1.165, 1.54) is 31.4 Å². The van der Waals surface area contributed by atoms with E-state index in [2.05, 4.69) is 4.90 Å². The predicted molar refractivity (Wildman–Crippen MR) is 129 cm³/mol. The average Bonchev–Trinajstić information content (AvgIpc) is 2.88. The molecule has 3 aliphatic heterocycles. The number of pyridine rings is 1. The number of carbonyl (C=O) groups excluding carboxylic acids is 1. The lowest BCUT2D eigenvalue weighted by Gasteiger charge is -2.35. The summed E-state index contributed by atoms with van der Waals surface area (Å²) in [5.74, 6) is -0.152. The Hall–Kier alpha value is -2.51. The first-order valence-corrected chi connectivity index (χ1v) is 12.7. The summed E-state index contributed by atoms with van der Waals surface area (Å²) in [5, 5.41) is 0. The third-order valence-corrected chi connectivity index (χ3v) is 7.58. The Bertz CT molecular complexity index is 1090. The highest BCUT2D eigenvalue weighted by Gasteiger charge is 2.30. The van der Waals surface area contributed by atoms with Crippen LogP contribution in [0.3, 0.4) is 0 Å². The molecule has 34 heavy (non-hydrogen) atoms. The smallest absolute Gasteiger partial charge is 0.258 e. The number of aromatic nitrogens is 1. The maximum absolute atomic E-state index is 14.0. The number of carbonyl (C=O) groups is 1. The van der Waals surface area contributed by atoms with Crippen LogP contribution in [0.25, 0.3) is 11.1 Å². The predicted octanol–water partition coefficient (Wildman–Crippen LogP) is 3.45. The van der Waals surface area contributed by atoms with Crippen molar-refractivity contribution in [3.8, 4) is 11.1 Å². The highest BCUT2D eigenvalue weighted by molar-refractivity contribution is 5.79. The molecule has 0 aliphatic carbocycles. The van der Waals surface area contributed by atoms with Crippen LogP contribution in [0.2, 0.25) is 0 Å². The molecule has 7 heteroatoms. The Kier molecular flexibility index (Phi) is 7.11. The Balaban J connectivity index is 1.46. The molecular weight excluding hydrogens is 433 g/mol. The van der Waals surface area contributed by atoms with Crippen molar-refractivity contribution in [3.63, 3.8) is 0 Å². The second kappa shape index (κ2) is 10.4. The number of piperidine rings is 1. The van der Waals surface area contributed by atoms with Gasteiger partial charge in [0.05, 0.1) is 0 Å². The number of amides is 1. The van der Waals surface area contributed by atoms with Crippen molar-refractivity contribution < 1.29 is 13.9 Å². The minimum Gasteiger partial charge on any atom is -0.381 e. The zero-order chi connectivity index (χ0) is 23.5. The highest BCUT2D eigenvalue weighted by atomic mass is 19.1. The van der Waals surface area contributed by atoms with Gasteiger partial charge in [0, 0.05) is 63.0 Å². The molecule has 0 atom stereocenters. The Morgan fingerprint density at radius 3 is 2.59 bits per heavy atom. The van der Waals surface area contributed by atoms with Crippen molar-refractivity contribution in [1.82, 2.24) is 14.4 Å². The van der Waals surface area contributed by atoms with Crippen LogP contribution in [-0.2, 0) is 29.0 Å². The molecule has 1 amide bonds. The van der Waals surface area contributed by atoms with Gasteiger partial charge in [0.1, 0.15) is 5.82 Å². The minimum atomic E-state index is -0.356. The van der Waals surface area contributed by atoms with Crippen molar-refractivity contribution in [3.05, 3.63) is 57.8 Å². The van der Waals surface area contributed by atoms with E-state index in [1.807, 2.05) is 15.5 Å². The number of fused-ring (bicyclic) bond motifs is 1. The third kappa shape index (κ3) is 4.96. The van der Waals surface area contributed by atoms with Crippen LogP contribution in [0.5, 0.6) is 0 Å². The molecule has 2 saturated heterocycles. The number of benzene rings is 1. The van der Waals surface area contributed by atoms with Gasteiger partial charge >= 0.3 is 0 Å². The van der Waals surface area contributed by atoms with Crippen LogP contribution < -0.4 is 5.56 Å². The van der Waals surface area contributed by atoms with Gasteiger partial charge in [0.15, 0.2) is 0 Å². The first kappa shape index (κ1) is 23.2. The van der Waals surface area contributed by atoms with Crippen LogP contribution in [0.4, 0.5) is 4.39 Å². The van der Waals surface area contributed by atoms with E-state index < -0.39 is 0 Å². The monoisotopic (exact) mass is 467 g/mol. The third-order valence-electron chi connectivity index (χ3n) is 7.58. The molecule has 2 fully saturated rings. The van der Waals surface area contributed by atoms with E-state index in [0.717, 1.165) is 43.7 Å². The molecule has 1 aromatic carbocycles. The Morgan fingerprint density at radius 2 is 1.82 bits per heavy atom. The number of hydrogen-bond acceptors (Lipinski definition) is 4. The van der Waals surface area contributed by atoms with Gasteiger partial charge in [-0.25, -0.2) is 4.39 Å². The van der Waals surface area contributed by atoms with Crippen molar-refractivity contribution in [2.45, 2.75) is 51.6 Å². The van der Waals surface area contributed by atoms with Gasteiger partial charge in [-0.2, -0.15) is 0 Å². The van der Waals surface area contributed by atoms with E-state index in [0.29, 0.717) is 50.4 Å². The minimum absolute atomic E-state index is 0.0167. The number of rotatable bonds is 5. The summed E-state index contributed by atoms with van der Waals surface area (Å²) in [5.41, 5.74) is 3.07. The molecule has 2 aromatic rings. The fourth-order valence-corrected chi connectivity index (χ4v) is 5.63. The van der Waals surface area contributed by atoms with Crippen LogP contribution in [0.15, 0.2) is 35.1 Å². The number of hydrogen-bond donors (Lipinski definition) is 0. The molecular formula is C27H34FN3O3. The van der Waals surface area contributed by atoms with E-state index >= 15 is 0 Å². The molecule has 0 spiro atoms. The Labute approximate surface area is 200 Å². The lowest BCUT2D eigenvalue weighted by Crippen LogP contribution is -2.44. The van der Waals surface area contributed by atoms with Gasteiger partial charge in [-0.3, -0.25) is 9.59 Å². The second-order valence-corrected chi connectivity index (χ2v) is 9.80. The van der Waals surface area contributed by atoms with Crippen LogP contribution in [0.1, 0.15) is 43.4 Å². The summed E-state index contributed by atoms with van der Waals surface area (Å²) in [6.07, 6.45) is 5.90. The van der Waals surface area contributed by atoms with Gasteiger partial charge in [0.25, 0.3) is 5.56 Å². The lowest BCUT2D eigenvalue weighted by atomic mass is 9.95. The normalized spacial score (nSPS) is 19.7. The molecule has 0 N–H and O–H groups in total. The van der Waals surface area contributed by atoms with Crippen molar-refractivity contribution >= 4 is 5.91 Å². The highest BCUT2D eigenvalue weighted by Crippen LogP contribution is 2.27. The molecule has 0 saturated carbocycles. The first-order valence-electron chi connectivity index (χ1n) is 12.7. The summed E-state index contributed by atoms with van der Waals surface area (Å²) in [6.45, 7) is 6.02. The van der Waals surface area contributed by atoms with Gasteiger partial charge in [-0.05, 0) is 68.1 Å². The van der Waals surface area contributed by atoms with Crippen molar-refractivity contribution in [2.75, 3.05) is 39.4 Å². The molecule has 5 rings (SSSR count). The molecule has 4 heterocycles. The molecule has 3 aliphatic rings. The molecule has 0 unspecified atom stereocenters. The molecule has 0 radical (unpaired) electrons. The van der Waals surface area contributed by atoms with Crippen molar-refractivity contribution in [1.29, 1.82) is 0 Å². The zero-order valence-corrected chi connectivity index (χ0v) is 19.8. The number of halogens is 1. The summed E-state index contributed by atoms with van der Waals surface area (Å²) in [6, 6.07) is 8.14. The second-order valence-electron chi connectivity index (χ2n) is 9.80. The van der Waals surface area contributed by atoms with Gasteiger partial charge < -0.3 is 19.1 Å². The number of nitrogens with zero attached hydrogens (tertiary/aromatic N) is 3. The summed E-state index contributed by atoms with van der Waals surface area (Å²) in [7, 11) is 0. The van der Waals surface area contributed by atoms with Crippen LogP contribution >= 0.6 is 0 Å². The van der Waals surface area contributed by atoms with Crippen molar-refractivity contribution in [2.24, 2.45) is 5.92 Å². The molecule has 182 valence electrons. The standard InChI is InChI=1S/C27H34FN3O3/c28-23-6-4-5-21(17-23)24-18-22-19-30(26(32)20-8-15-34-16-9-20)12-7-25(22)31(27(24)33)14-13-29-10-2-1-3-11-29/h4-6,17-18,20H,1-3,7-16,19H2. The van der Waals surface area contributed by atoms with E-state index in [1.54, 1.807) is 12.1 Å². The average molecular weight is 468 g/mol. The SMILES string of the molecule is O=C(C1CCOCC1)N1CCc2c(cc(-c3cccc(F)c3)c(=O)n2CCN2CCCCC2)C1. The van der Waals surface area contributed by atoms with E-state index in [9.17, 15) is 14.0 Å². The molecule has 1 aromatic heterocycles. The fourth-order valence-electron chi connectivity index (χ4n) is 5.63. The number of ether oxygens (including phenoxy) is 1. The Morgan fingerprint density at radius 1 is 1.03 bits per heavy atom. The fraction of sp³-hybridized carbons (Fsp3) is 0.556. The maximum atomic E-state index is 14.0.